The molecule has 1 atom stereocenters. The first-order valence-corrected chi connectivity index (χ1v) is 4.93. The molecule has 1 aromatic rings. The third-order valence-electron chi connectivity index (χ3n) is 1.97. The van der Waals surface area contributed by atoms with Gasteiger partial charge in [0.15, 0.2) is 5.75 Å². The summed E-state index contributed by atoms with van der Waals surface area (Å²) in [5.74, 6) is -1.08. The van der Waals surface area contributed by atoms with Crippen molar-refractivity contribution in [2.45, 2.75) is 12.2 Å². The molecule has 9 heteroatoms. The second-order valence-electron chi connectivity index (χ2n) is 3.14. The maximum Gasteiger partial charge on any atom is 0.407 e. The summed E-state index contributed by atoms with van der Waals surface area (Å²) in [6, 6.07) is -0.707. The van der Waals surface area contributed by atoms with E-state index in [2.05, 4.69) is 15.9 Å². The van der Waals surface area contributed by atoms with Crippen LogP contribution >= 0.6 is 15.9 Å². The molecule has 0 unspecified atom stereocenters. The minimum atomic E-state index is -4.80. The maximum absolute atomic E-state index is 12.4. The molecule has 1 rings (SSSR count). The highest BCUT2D eigenvalue weighted by Crippen LogP contribution is 2.41. The number of halogens is 4. The highest BCUT2D eigenvalue weighted by atomic mass is 79.9. The molecular formula is C8H6BrF3N2O3. The molecule has 0 aliphatic heterocycles. The number of aromatic hydroxyl groups is 1. The third-order valence-corrected chi connectivity index (χ3v) is 2.43. The van der Waals surface area contributed by atoms with Crippen LogP contribution in [0.15, 0.2) is 16.6 Å². The van der Waals surface area contributed by atoms with Gasteiger partial charge < -0.3 is 10.8 Å². The SMILES string of the molecule is N[C@@H](c1cc(Br)cc([N+](=O)[O-])c1O)C(F)(F)F. The number of alkyl halides is 3. The van der Waals surface area contributed by atoms with Gasteiger partial charge >= 0.3 is 11.9 Å². The highest BCUT2D eigenvalue weighted by molar-refractivity contribution is 9.10. The van der Waals surface area contributed by atoms with Gasteiger partial charge in [0.2, 0.25) is 0 Å². The van der Waals surface area contributed by atoms with Crippen LogP contribution in [0.2, 0.25) is 0 Å². The summed E-state index contributed by atoms with van der Waals surface area (Å²) in [7, 11) is 0. The summed E-state index contributed by atoms with van der Waals surface area (Å²) in [5, 5.41) is 19.9. The van der Waals surface area contributed by atoms with E-state index in [4.69, 9.17) is 5.73 Å². The van der Waals surface area contributed by atoms with Gasteiger partial charge in [-0.3, -0.25) is 10.1 Å². The molecule has 0 saturated heterocycles. The van der Waals surface area contributed by atoms with Crippen LogP contribution < -0.4 is 5.73 Å². The van der Waals surface area contributed by atoms with Gasteiger partial charge in [0, 0.05) is 16.1 Å². The standard InChI is InChI=1S/C8H6BrF3N2O3/c9-3-1-4(7(13)8(10,11)12)6(15)5(2-3)14(16)17/h1-2,7,15H,13H2/t7-/m0/s1. The fourth-order valence-electron chi connectivity index (χ4n) is 1.16. The molecule has 0 bridgehead atoms. The molecule has 3 N–H and O–H groups in total. The Morgan fingerprint density at radius 3 is 2.41 bits per heavy atom. The van der Waals surface area contributed by atoms with Gasteiger partial charge in [0.05, 0.1) is 4.92 Å². The molecule has 0 spiro atoms. The number of phenols is 1. The molecule has 17 heavy (non-hydrogen) atoms. The van der Waals surface area contributed by atoms with Gasteiger partial charge in [0.1, 0.15) is 6.04 Å². The monoisotopic (exact) mass is 314 g/mol. The van der Waals surface area contributed by atoms with Crippen LogP contribution in [0.25, 0.3) is 0 Å². The van der Waals surface area contributed by atoms with Gasteiger partial charge in [0.25, 0.3) is 0 Å². The third kappa shape index (κ3) is 2.86. The lowest BCUT2D eigenvalue weighted by atomic mass is 10.1. The molecule has 0 amide bonds. The smallest absolute Gasteiger partial charge is 0.407 e. The van der Waals surface area contributed by atoms with Gasteiger partial charge in [-0.1, -0.05) is 15.9 Å². The van der Waals surface area contributed by atoms with Crippen molar-refractivity contribution >= 4 is 21.6 Å². The van der Waals surface area contributed by atoms with E-state index >= 15 is 0 Å². The van der Waals surface area contributed by atoms with E-state index in [0.29, 0.717) is 0 Å². The zero-order valence-corrected chi connectivity index (χ0v) is 9.62. The normalized spacial score (nSPS) is 13.5. The number of hydrogen-bond acceptors (Lipinski definition) is 4. The van der Waals surface area contributed by atoms with Crippen molar-refractivity contribution in [3.8, 4) is 5.75 Å². The molecule has 0 saturated carbocycles. The molecule has 5 nitrogen and oxygen atoms in total. The molecule has 1 aromatic carbocycles. The number of nitrogens with two attached hydrogens (primary N) is 1. The largest absolute Gasteiger partial charge is 0.502 e. The Balaban J connectivity index is 3.40. The molecular weight excluding hydrogens is 309 g/mol. The topological polar surface area (TPSA) is 89.4 Å². The van der Waals surface area contributed by atoms with Crippen molar-refractivity contribution in [2.24, 2.45) is 5.73 Å². The molecule has 94 valence electrons. The summed E-state index contributed by atoms with van der Waals surface area (Å²) in [5.41, 5.74) is 3.29. The van der Waals surface area contributed by atoms with Crippen molar-refractivity contribution in [2.75, 3.05) is 0 Å². The van der Waals surface area contributed by atoms with Crippen molar-refractivity contribution < 1.29 is 23.2 Å². The van der Waals surface area contributed by atoms with Gasteiger partial charge in [-0.05, 0) is 6.07 Å². The number of benzene rings is 1. The average molecular weight is 315 g/mol. The molecule has 0 radical (unpaired) electrons. The maximum atomic E-state index is 12.4. The van der Waals surface area contributed by atoms with Crippen LogP contribution in [0, 0.1) is 10.1 Å². The van der Waals surface area contributed by atoms with Gasteiger partial charge in [-0.25, -0.2) is 0 Å². The molecule has 0 aliphatic carbocycles. The van der Waals surface area contributed by atoms with Crippen molar-refractivity contribution in [1.29, 1.82) is 0 Å². The van der Waals surface area contributed by atoms with Crippen LogP contribution in [-0.2, 0) is 0 Å². The lowest BCUT2D eigenvalue weighted by Crippen LogP contribution is -2.28. The summed E-state index contributed by atoms with van der Waals surface area (Å²) in [6.07, 6.45) is -4.80. The number of hydrogen-bond donors (Lipinski definition) is 2. The average Bonchev–Trinajstić information content (AvgIpc) is 2.18. The second kappa shape index (κ2) is 4.49. The summed E-state index contributed by atoms with van der Waals surface area (Å²) in [4.78, 5) is 9.51. The summed E-state index contributed by atoms with van der Waals surface area (Å²) < 4.78 is 37.1. The minimum Gasteiger partial charge on any atom is -0.502 e. The zero-order valence-electron chi connectivity index (χ0n) is 8.03. The van der Waals surface area contributed by atoms with E-state index in [0.717, 1.165) is 12.1 Å². The van der Waals surface area contributed by atoms with E-state index in [1.165, 1.54) is 0 Å². The molecule has 0 fully saturated rings. The predicted octanol–water partition coefficient (Wildman–Crippen LogP) is 2.63. The van der Waals surface area contributed by atoms with Crippen LogP contribution in [0.1, 0.15) is 11.6 Å². The van der Waals surface area contributed by atoms with Gasteiger partial charge in [-0.15, -0.1) is 0 Å². The Labute approximate surface area is 101 Å². The van der Waals surface area contributed by atoms with Crippen LogP contribution in [-0.4, -0.2) is 16.2 Å². The predicted molar refractivity (Wildman–Crippen MR) is 55.4 cm³/mol. The summed E-state index contributed by atoms with van der Waals surface area (Å²) in [6.45, 7) is 0. The van der Waals surface area contributed by atoms with Gasteiger partial charge in [-0.2, -0.15) is 13.2 Å². The van der Waals surface area contributed by atoms with E-state index in [9.17, 15) is 28.4 Å². The Hall–Kier alpha value is -1.35. The Kier molecular flexibility index (Phi) is 3.62. The quantitative estimate of drug-likeness (QED) is 0.648. The van der Waals surface area contributed by atoms with Crippen molar-refractivity contribution in [3.05, 3.63) is 32.3 Å². The Bertz CT molecular complexity index is 464. The first-order chi connectivity index (χ1) is 7.64. The number of nitro benzene ring substituents is 1. The fourth-order valence-corrected chi connectivity index (χ4v) is 1.62. The lowest BCUT2D eigenvalue weighted by molar-refractivity contribution is -0.386. The first kappa shape index (κ1) is 13.7. The zero-order chi connectivity index (χ0) is 13.4. The van der Waals surface area contributed by atoms with Crippen molar-refractivity contribution in [1.82, 2.24) is 0 Å². The minimum absolute atomic E-state index is 0.0247. The van der Waals surface area contributed by atoms with E-state index in [1.54, 1.807) is 0 Å². The second-order valence-corrected chi connectivity index (χ2v) is 4.05. The van der Waals surface area contributed by atoms with Crippen LogP contribution in [0.3, 0.4) is 0 Å². The number of nitro groups is 1. The molecule has 0 heterocycles. The fraction of sp³-hybridized carbons (Fsp3) is 0.250. The van der Waals surface area contributed by atoms with E-state index in [1.807, 2.05) is 0 Å². The van der Waals surface area contributed by atoms with Crippen molar-refractivity contribution in [3.63, 3.8) is 0 Å². The van der Waals surface area contributed by atoms with Crippen LogP contribution in [0.5, 0.6) is 5.75 Å². The van der Waals surface area contributed by atoms with E-state index in [-0.39, 0.29) is 4.47 Å². The highest BCUT2D eigenvalue weighted by Gasteiger charge is 2.40. The lowest BCUT2D eigenvalue weighted by Gasteiger charge is -2.17. The first-order valence-electron chi connectivity index (χ1n) is 4.13. The van der Waals surface area contributed by atoms with Crippen LogP contribution in [0.4, 0.5) is 18.9 Å². The Morgan fingerprint density at radius 1 is 1.47 bits per heavy atom. The molecule has 0 aliphatic rings. The number of phenolic OH excluding ortho intramolecular Hbond substituents is 1. The number of nitrogens with zero attached hydrogens (tertiary/aromatic N) is 1. The molecule has 0 aromatic heterocycles. The van der Waals surface area contributed by atoms with E-state index < -0.39 is 34.1 Å². The summed E-state index contributed by atoms with van der Waals surface area (Å²) >= 11 is 2.81. The number of rotatable bonds is 2. The Morgan fingerprint density at radius 2 is 2.00 bits per heavy atom.